The molecule has 43 heavy (non-hydrogen) atoms. The third-order valence-corrected chi connectivity index (χ3v) is 7.94. The highest BCUT2D eigenvalue weighted by molar-refractivity contribution is 8.14. The highest BCUT2D eigenvalue weighted by Crippen LogP contribution is 2.26. The van der Waals surface area contributed by atoms with Crippen LogP contribution in [-0.4, -0.2) is 56.3 Å². The lowest BCUT2D eigenvalue weighted by atomic mass is 10.1. The van der Waals surface area contributed by atoms with Crippen LogP contribution < -0.4 is 10.0 Å². The monoisotopic (exact) mass is 614 g/mol. The van der Waals surface area contributed by atoms with Crippen LogP contribution in [0, 0.1) is 27.7 Å². The fourth-order valence-electron chi connectivity index (χ4n) is 4.58. The van der Waals surface area contributed by atoms with Crippen LogP contribution in [0.1, 0.15) is 46.4 Å². The van der Waals surface area contributed by atoms with E-state index >= 15 is 0 Å². The van der Waals surface area contributed by atoms with E-state index in [1.54, 1.807) is 16.8 Å². The molecule has 0 fully saturated rings. The molecule has 0 N–H and O–H groups in total. The molecule has 0 unspecified atom stereocenters. The van der Waals surface area contributed by atoms with Crippen LogP contribution in [0.5, 0.6) is 0 Å². The smallest absolute Gasteiger partial charge is 0.248 e. The number of hydrazone groups is 2. The number of benzene rings is 2. The Balaban J connectivity index is 0.000000171. The van der Waals surface area contributed by atoms with E-state index in [0.717, 1.165) is 63.4 Å². The standard InChI is InChI=1S/C17H20N4O.C15H15ClN4S/c1-4-14-5-7-15(8-6-14)16-10-22-11-21(20-16)17-18-12(2)9-13(3)19-17;1-10-9-11(2)18-15(17-10)20-7-8-21-14(19-20)12-5-3-4-6-13(12)16/h5-9H,4,10-11H2,1-3H3;3-6,9H,7-8H2,1-2H3. The minimum atomic E-state index is 0.374. The molecule has 222 valence electrons. The molecule has 2 aromatic heterocycles. The molecule has 2 aliphatic rings. The van der Waals surface area contributed by atoms with Crippen LogP contribution in [0.3, 0.4) is 0 Å². The number of hydrogen-bond donors (Lipinski definition) is 0. The van der Waals surface area contributed by atoms with E-state index in [4.69, 9.17) is 16.3 Å². The third-order valence-electron chi connectivity index (χ3n) is 6.65. The number of hydrogen-bond acceptors (Lipinski definition) is 10. The van der Waals surface area contributed by atoms with E-state index in [1.165, 1.54) is 5.56 Å². The second-order valence-electron chi connectivity index (χ2n) is 10.2. The average molecular weight is 615 g/mol. The highest BCUT2D eigenvalue weighted by Gasteiger charge is 2.20. The SMILES string of the molecule is CCc1ccc(C2=NN(c3nc(C)cc(C)n3)COC2)cc1.Cc1cc(C)nc(N2CCSC(c3ccccc3Cl)=N2)n1. The molecular weight excluding hydrogens is 580 g/mol. The van der Waals surface area contributed by atoms with Crippen molar-refractivity contribution in [1.82, 2.24) is 19.9 Å². The van der Waals surface area contributed by atoms with Crippen LogP contribution in [0.4, 0.5) is 11.9 Å². The summed E-state index contributed by atoms with van der Waals surface area (Å²) < 4.78 is 5.65. The summed E-state index contributed by atoms with van der Waals surface area (Å²) in [7, 11) is 0. The van der Waals surface area contributed by atoms with Crippen molar-refractivity contribution < 1.29 is 4.74 Å². The van der Waals surface area contributed by atoms with E-state index in [-0.39, 0.29) is 0 Å². The molecule has 4 aromatic rings. The summed E-state index contributed by atoms with van der Waals surface area (Å²) in [6.07, 6.45) is 1.03. The largest absolute Gasteiger partial charge is 0.353 e. The minimum absolute atomic E-state index is 0.374. The van der Waals surface area contributed by atoms with Gasteiger partial charge in [0.1, 0.15) is 11.8 Å². The normalized spacial score (nSPS) is 14.9. The maximum Gasteiger partial charge on any atom is 0.248 e. The number of nitrogens with zero attached hydrogens (tertiary/aromatic N) is 8. The zero-order valence-electron chi connectivity index (χ0n) is 25.1. The minimum Gasteiger partial charge on any atom is -0.353 e. The first-order valence-electron chi connectivity index (χ1n) is 14.2. The lowest BCUT2D eigenvalue weighted by Crippen LogP contribution is -2.32. The lowest BCUT2D eigenvalue weighted by molar-refractivity contribution is 0.160. The molecule has 0 saturated heterocycles. The van der Waals surface area contributed by atoms with Gasteiger partial charge in [0.2, 0.25) is 11.9 Å². The Labute approximate surface area is 262 Å². The van der Waals surface area contributed by atoms with Crippen molar-refractivity contribution in [1.29, 1.82) is 0 Å². The van der Waals surface area contributed by atoms with E-state index in [0.29, 0.717) is 30.3 Å². The van der Waals surface area contributed by atoms with Crippen LogP contribution >= 0.6 is 23.4 Å². The third kappa shape index (κ3) is 7.95. The lowest BCUT2D eigenvalue weighted by Gasteiger charge is -2.24. The Morgan fingerprint density at radius 1 is 0.791 bits per heavy atom. The molecular formula is C32H35ClN8OS. The van der Waals surface area contributed by atoms with Crippen LogP contribution in [-0.2, 0) is 11.2 Å². The number of aromatic nitrogens is 4. The zero-order chi connectivity index (χ0) is 30.3. The second-order valence-corrected chi connectivity index (χ2v) is 11.7. The van der Waals surface area contributed by atoms with E-state index in [2.05, 4.69) is 61.3 Å². The first kappa shape index (κ1) is 30.6. The molecule has 0 saturated carbocycles. The van der Waals surface area contributed by atoms with Gasteiger partial charge in [-0.2, -0.15) is 10.2 Å². The van der Waals surface area contributed by atoms with E-state index in [9.17, 15) is 0 Å². The fourth-order valence-corrected chi connectivity index (χ4v) is 5.81. The van der Waals surface area contributed by atoms with Gasteiger partial charge in [0.15, 0.2) is 0 Å². The summed E-state index contributed by atoms with van der Waals surface area (Å²) in [5.74, 6) is 2.16. The molecule has 2 aromatic carbocycles. The van der Waals surface area contributed by atoms with Crippen molar-refractivity contribution in [2.45, 2.75) is 41.0 Å². The van der Waals surface area contributed by atoms with Gasteiger partial charge >= 0.3 is 0 Å². The number of halogens is 1. The van der Waals surface area contributed by atoms with Gasteiger partial charge in [-0.25, -0.2) is 30.0 Å². The molecule has 0 bridgehead atoms. The highest BCUT2D eigenvalue weighted by atomic mass is 35.5. The van der Waals surface area contributed by atoms with Gasteiger partial charge in [-0.15, -0.1) is 11.8 Å². The average Bonchev–Trinajstić information content (AvgIpc) is 3.01. The zero-order valence-corrected chi connectivity index (χ0v) is 26.7. The summed E-state index contributed by atoms with van der Waals surface area (Å²) in [6.45, 7) is 11.7. The van der Waals surface area contributed by atoms with Crippen molar-refractivity contribution in [3.8, 4) is 0 Å². The first-order chi connectivity index (χ1) is 20.8. The molecule has 0 spiro atoms. The molecule has 0 radical (unpaired) electrons. The Morgan fingerprint density at radius 2 is 1.40 bits per heavy atom. The number of rotatable bonds is 5. The van der Waals surface area contributed by atoms with Gasteiger partial charge in [0, 0.05) is 39.7 Å². The van der Waals surface area contributed by atoms with E-state index in [1.807, 2.05) is 69.1 Å². The predicted octanol–water partition coefficient (Wildman–Crippen LogP) is 6.52. The van der Waals surface area contributed by atoms with E-state index < -0.39 is 0 Å². The number of ether oxygens (including phenoxy) is 1. The van der Waals surface area contributed by atoms with Gasteiger partial charge < -0.3 is 4.74 Å². The molecule has 6 rings (SSSR count). The summed E-state index contributed by atoms with van der Waals surface area (Å²) in [5, 5.41) is 14.5. The summed E-state index contributed by atoms with van der Waals surface area (Å²) in [5.41, 5.74) is 8.00. The summed E-state index contributed by atoms with van der Waals surface area (Å²) in [4.78, 5) is 17.8. The van der Waals surface area contributed by atoms with Crippen molar-refractivity contribution in [2.75, 3.05) is 35.7 Å². The van der Waals surface area contributed by atoms with Crippen molar-refractivity contribution >= 4 is 46.0 Å². The number of aryl methyl sites for hydroxylation is 5. The maximum absolute atomic E-state index is 6.26. The van der Waals surface area contributed by atoms with Gasteiger partial charge in [-0.1, -0.05) is 61.0 Å². The number of thioether (sulfide) groups is 1. The molecule has 4 heterocycles. The Bertz CT molecular complexity index is 1600. The Kier molecular flexibility index (Phi) is 10.0. The van der Waals surface area contributed by atoms with Crippen LogP contribution in [0.15, 0.2) is 70.9 Å². The molecule has 0 atom stereocenters. The topological polar surface area (TPSA) is 92.0 Å². The molecule has 0 aliphatic carbocycles. The molecule has 0 amide bonds. The Morgan fingerprint density at radius 3 is 2.00 bits per heavy atom. The predicted molar refractivity (Wildman–Crippen MR) is 176 cm³/mol. The van der Waals surface area contributed by atoms with Crippen molar-refractivity contribution in [3.63, 3.8) is 0 Å². The van der Waals surface area contributed by atoms with Crippen LogP contribution in [0.2, 0.25) is 5.02 Å². The molecule has 9 nitrogen and oxygen atoms in total. The number of anilines is 2. The van der Waals surface area contributed by atoms with Gasteiger partial charge in [-0.05, 0) is 57.9 Å². The quantitative estimate of drug-likeness (QED) is 0.251. The fraction of sp³-hybridized carbons (Fsp3) is 0.312. The van der Waals surface area contributed by atoms with Gasteiger partial charge in [0.25, 0.3) is 0 Å². The van der Waals surface area contributed by atoms with Crippen molar-refractivity contribution in [2.24, 2.45) is 10.2 Å². The first-order valence-corrected chi connectivity index (χ1v) is 15.6. The maximum atomic E-state index is 6.26. The second kappa shape index (κ2) is 14.1. The molecule has 11 heteroatoms. The summed E-state index contributed by atoms with van der Waals surface area (Å²) >= 11 is 7.96. The summed E-state index contributed by atoms with van der Waals surface area (Å²) in [6, 6.07) is 20.1. The molecule has 2 aliphatic heterocycles. The van der Waals surface area contributed by atoms with Crippen molar-refractivity contribution in [3.05, 3.63) is 105 Å². The van der Waals surface area contributed by atoms with Gasteiger partial charge in [0.05, 0.1) is 23.9 Å². The van der Waals surface area contributed by atoms with Crippen LogP contribution in [0.25, 0.3) is 0 Å². The van der Waals surface area contributed by atoms with Gasteiger partial charge in [-0.3, -0.25) is 0 Å². The Hall–Kier alpha value is -3.86.